The van der Waals surface area contributed by atoms with Gasteiger partial charge in [-0.25, -0.2) is 23.5 Å². The zero-order chi connectivity index (χ0) is 21.4. The Morgan fingerprint density at radius 2 is 1.94 bits per heavy atom. The van der Waals surface area contributed by atoms with E-state index in [0.717, 1.165) is 11.1 Å². The van der Waals surface area contributed by atoms with Crippen molar-refractivity contribution in [3.05, 3.63) is 72.9 Å². The molecule has 6 nitrogen and oxygen atoms in total. The molecule has 1 atom stereocenters. The first kappa shape index (κ1) is 19.2. The number of halogens is 2. The highest BCUT2D eigenvalue weighted by Crippen LogP contribution is 2.27. The Bertz CT molecular complexity index is 1260. The van der Waals surface area contributed by atoms with Gasteiger partial charge in [-0.3, -0.25) is 4.40 Å². The highest BCUT2D eigenvalue weighted by molar-refractivity contribution is 5.90. The maximum atomic E-state index is 14.6. The topological polar surface area (TPSA) is 62.5 Å². The van der Waals surface area contributed by atoms with E-state index in [0.29, 0.717) is 30.1 Å². The first-order chi connectivity index (χ1) is 15.1. The molecule has 5 rings (SSSR count). The van der Waals surface area contributed by atoms with Gasteiger partial charge >= 0.3 is 6.03 Å². The monoisotopic (exact) mass is 419 g/mol. The van der Waals surface area contributed by atoms with Crippen LogP contribution in [0.1, 0.15) is 6.42 Å². The molecule has 3 heterocycles. The summed E-state index contributed by atoms with van der Waals surface area (Å²) in [5.74, 6) is -0.0238. The third-order valence-corrected chi connectivity index (χ3v) is 5.33. The third kappa shape index (κ3) is 3.84. The molecular weight excluding hydrogens is 400 g/mol. The number of urea groups is 1. The first-order valence-electron chi connectivity index (χ1n) is 9.97. The minimum absolute atomic E-state index is 0.0712. The van der Waals surface area contributed by atoms with Gasteiger partial charge in [0.15, 0.2) is 0 Å². The number of nitrogens with one attached hydrogen (secondary N) is 1. The fraction of sp³-hybridized carbons (Fsp3) is 0.174. The molecule has 1 aliphatic heterocycles. The van der Waals surface area contributed by atoms with Crippen LogP contribution in [0.5, 0.6) is 0 Å². The van der Waals surface area contributed by atoms with Crippen LogP contribution in [0.15, 0.2) is 67.1 Å². The van der Waals surface area contributed by atoms with Crippen molar-refractivity contribution in [1.82, 2.24) is 19.3 Å². The molecule has 1 N–H and O–H groups in total. The van der Waals surface area contributed by atoms with E-state index in [4.69, 9.17) is 0 Å². The number of imidazole rings is 1. The fourth-order valence-electron chi connectivity index (χ4n) is 3.70. The number of likely N-dealkylation sites (tertiary alicyclic amines) is 1. The van der Waals surface area contributed by atoms with Crippen molar-refractivity contribution in [3.8, 4) is 22.4 Å². The van der Waals surface area contributed by atoms with E-state index < -0.39 is 18.0 Å². The van der Waals surface area contributed by atoms with E-state index in [-0.39, 0.29) is 12.1 Å². The van der Waals surface area contributed by atoms with Gasteiger partial charge in [0.05, 0.1) is 12.2 Å². The van der Waals surface area contributed by atoms with Gasteiger partial charge < -0.3 is 10.2 Å². The second-order valence-corrected chi connectivity index (χ2v) is 7.50. The van der Waals surface area contributed by atoms with Crippen molar-refractivity contribution in [2.45, 2.75) is 12.6 Å². The summed E-state index contributed by atoms with van der Waals surface area (Å²) in [6, 6.07) is 13.7. The van der Waals surface area contributed by atoms with Crippen LogP contribution in [-0.2, 0) is 0 Å². The Morgan fingerprint density at radius 1 is 1.10 bits per heavy atom. The highest BCUT2D eigenvalue weighted by Gasteiger charge is 2.26. The lowest BCUT2D eigenvalue weighted by molar-refractivity contribution is 0.218. The standard InChI is InChI=1S/C23H19F2N5O/c24-17-8-9-29(13-17)23(31)27-18-6-7-20(25)19(10-18)21-14-30-12-16(11-26-22(30)28-21)15-4-2-1-3-5-15/h1-7,10-12,14,17H,8-9,13H2,(H,27,31). The SMILES string of the molecule is O=C(Nc1ccc(F)c(-c2cn3cc(-c4ccccc4)cnc3n2)c1)N1CCC(F)C1. The van der Waals surface area contributed by atoms with E-state index >= 15 is 0 Å². The highest BCUT2D eigenvalue weighted by atomic mass is 19.1. The second-order valence-electron chi connectivity index (χ2n) is 7.50. The molecular formula is C23H19F2N5O. The van der Waals surface area contributed by atoms with E-state index in [9.17, 15) is 13.6 Å². The Labute approximate surface area is 177 Å². The molecule has 0 bridgehead atoms. The van der Waals surface area contributed by atoms with Gasteiger partial charge in [0.2, 0.25) is 5.78 Å². The van der Waals surface area contributed by atoms with Gasteiger partial charge in [0, 0.05) is 41.9 Å². The molecule has 1 saturated heterocycles. The smallest absolute Gasteiger partial charge is 0.321 e. The van der Waals surface area contributed by atoms with Crippen LogP contribution in [0.25, 0.3) is 28.2 Å². The average molecular weight is 419 g/mol. The van der Waals surface area contributed by atoms with Gasteiger partial charge in [-0.05, 0) is 30.2 Å². The van der Waals surface area contributed by atoms with Crippen molar-refractivity contribution in [2.75, 3.05) is 18.4 Å². The van der Waals surface area contributed by atoms with Crippen LogP contribution >= 0.6 is 0 Å². The Balaban J connectivity index is 1.44. The molecule has 1 aliphatic rings. The lowest BCUT2D eigenvalue weighted by Gasteiger charge is -2.16. The van der Waals surface area contributed by atoms with E-state index in [1.165, 1.54) is 23.1 Å². The van der Waals surface area contributed by atoms with Crippen molar-refractivity contribution in [2.24, 2.45) is 0 Å². The zero-order valence-electron chi connectivity index (χ0n) is 16.5. The Morgan fingerprint density at radius 3 is 2.71 bits per heavy atom. The minimum atomic E-state index is -0.999. The largest absolute Gasteiger partial charge is 0.322 e. The van der Waals surface area contributed by atoms with Gasteiger partial charge in [-0.15, -0.1) is 0 Å². The molecule has 0 spiro atoms. The quantitative estimate of drug-likeness (QED) is 0.520. The minimum Gasteiger partial charge on any atom is -0.322 e. The Kier molecular flexibility index (Phi) is 4.82. The summed E-state index contributed by atoms with van der Waals surface area (Å²) in [6.07, 6.45) is 4.65. The van der Waals surface area contributed by atoms with Gasteiger partial charge in [0.25, 0.3) is 0 Å². The number of anilines is 1. The number of amides is 2. The van der Waals surface area contributed by atoms with E-state index in [2.05, 4.69) is 15.3 Å². The van der Waals surface area contributed by atoms with E-state index in [1.807, 2.05) is 36.5 Å². The van der Waals surface area contributed by atoms with Gasteiger partial charge in [-0.1, -0.05) is 30.3 Å². The van der Waals surface area contributed by atoms with Crippen LogP contribution in [0.4, 0.5) is 19.3 Å². The lowest BCUT2D eigenvalue weighted by atomic mass is 10.1. The molecule has 0 saturated carbocycles. The number of alkyl halides is 1. The molecule has 4 aromatic rings. The second kappa shape index (κ2) is 7.79. The Hall–Kier alpha value is -3.81. The molecule has 0 aliphatic carbocycles. The van der Waals surface area contributed by atoms with Crippen LogP contribution in [-0.4, -0.2) is 44.6 Å². The number of rotatable bonds is 3. The van der Waals surface area contributed by atoms with Crippen molar-refractivity contribution < 1.29 is 13.6 Å². The predicted octanol–water partition coefficient (Wildman–Crippen LogP) is 4.78. The van der Waals surface area contributed by atoms with Crippen molar-refractivity contribution in [1.29, 1.82) is 0 Å². The molecule has 156 valence electrons. The maximum Gasteiger partial charge on any atom is 0.321 e. The summed E-state index contributed by atoms with van der Waals surface area (Å²) in [7, 11) is 0. The number of fused-ring (bicyclic) bond motifs is 1. The zero-order valence-corrected chi connectivity index (χ0v) is 16.5. The van der Waals surface area contributed by atoms with Gasteiger partial charge in [-0.2, -0.15) is 0 Å². The van der Waals surface area contributed by atoms with Crippen LogP contribution in [0, 0.1) is 5.82 Å². The number of carbonyl (C=O) groups excluding carboxylic acids is 1. The van der Waals surface area contributed by atoms with E-state index in [1.54, 1.807) is 16.8 Å². The van der Waals surface area contributed by atoms with Gasteiger partial charge in [0.1, 0.15) is 12.0 Å². The fourth-order valence-corrected chi connectivity index (χ4v) is 3.70. The van der Waals surface area contributed by atoms with Crippen LogP contribution < -0.4 is 5.32 Å². The first-order valence-corrected chi connectivity index (χ1v) is 9.97. The molecule has 31 heavy (non-hydrogen) atoms. The summed E-state index contributed by atoms with van der Waals surface area (Å²) < 4.78 is 29.7. The average Bonchev–Trinajstić information content (AvgIpc) is 3.41. The number of aromatic nitrogens is 3. The molecule has 1 fully saturated rings. The molecule has 2 amide bonds. The lowest BCUT2D eigenvalue weighted by Crippen LogP contribution is -2.33. The van der Waals surface area contributed by atoms with Crippen LogP contribution in [0.2, 0.25) is 0 Å². The van der Waals surface area contributed by atoms with Crippen molar-refractivity contribution >= 4 is 17.5 Å². The van der Waals surface area contributed by atoms with Crippen LogP contribution in [0.3, 0.4) is 0 Å². The third-order valence-electron chi connectivity index (χ3n) is 5.33. The molecule has 8 heteroatoms. The molecule has 1 unspecified atom stereocenters. The summed E-state index contributed by atoms with van der Waals surface area (Å²) >= 11 is 0. The predicted molar refractivity (Wildman–Crippen MR) is 114 cm³/mol. The number of hydrogen-bond donors (Lipinski definition) is 1. The molecule has 2 aromatic carbocycles. The van der Waals surface area contributed by atoms with Crippen molar-refractivity contribution in [3.63, 3.8) is 0 Å². The number of hydrogen-bond acceptors (Lipinski definition) is 3. The number of benzene rings is 2. The summed E-state index contributed by atoms with van der Waals surface area (Å²) in [4.78, 5) is 22.5. The summed E-state index contributed by atoms with van der Waals surface area (Å²) in [5.41, 5.74) is 2.99. The molecule has 2 aromatic heterocycles. The summed E-state index contributed by atoms with van der Waals surface area (Å²) in [6.45, 7) is 0.435. The summed E-state index contributed by atoms with van der Waals surface area (Å²) in [5, 5.41) is 2.71. The number of nitrogens with zero attached hydrogens (tertiary/aromatic N) is 4. The number of carbonyl (C=O) groups is 1. The molecule has 0 radical (unpaired) electrons. The maximum absolute atomic E-state index is 14.6. The normalized spacial score (nSPS) is 16.1.